The molecule has 0 bridgehead atoms. The fourth-order valence-corrected chi connectivity index (χ4v) is 3.70. The first-order chi connectivity index (χ1) is 15.8. The fourth-order valence-electron chi connectivity index (χ4n) is 3.70. The first-order valence-corrected chi connectivity index (χ1v) is 10.7. The molecule has 0 spiro atoms. The van der Waals surface area contributed by atoms with Crippen LogP contribution in [0.25, 0.3) is 0 Å². The lowest BCUT2D eigenvalue weighted by molar-refractivity contribution is 0.0653. The summed E-state index contributed by atoms with van der Waals surface area (Å²) in [5.41, 5.74) is 1.36. The van der Waals surface area contributed by atoms with Crippen LogP contribution in [0, 0.1) is 19.7 Å². The van der Waals surface area contributed by atoms with Gasteiger partial charge < -0.3 is 14.6 Å². The summed E-state index contributed by atoms with van der Waals surface area (Å²) in [5.74, 6) is 0.257. The minimum Gasteiger partial charge on any atom is -0.488 e. The van der Waals surface area contributed by atoms with Gasteiger partial charge in [0, 0.05) is 12.5 Å². The topological polar surface area (TPSA) is 81.5 Å². The number of ether oxygens (including phenoxy) is 2. The molecule has 2 aromatic carbocycles. The van der Waals surface area contributed by atoms with E-state index in [1.807, 2.05) is 6.92 Å². The molecule has 1 amide bonds. The van der Waals surface area contributed by atoms with Crippen molar-refractivity contribution in [1.29, 1.82) is 0 Å². The van der Waals surface area contributed by atoms with Gasteiger partial charge in [0.1, 0.15) is 23.8 Å². The van der Waals surface area contributed by atoms with E-state index in [2.05, 4.69) is 9.97 Å². The first-order valence-electron chi connectivity index (χ1n) is 10.7. The average molecular weight is 450 g/mol. The lowest BCUT2D eigenvalue weighted by Gasteiger charge is -2.40. The third-order valence-corrected chi connectivity index (χ3v) is 5.58. The highest BCUT2D eigenvalue weighted by atomic mass is 19.1. The average Bonchev–Trinajstić information content (AvgIpc) is 2.75. The second kappa shape index (κ2) is 9.25. The van der Waals surface area contributed by atoms with E-state index in [-0.39, 0.29) is 34.1 Å². The molecule has 0 saturated carbocycles. The van der Waals surface area contributed by atoms with Crippen LogP contribution in [0.1, 0.15) is 35.0 Å². The van der Waals surface area contributed by atoms with Crippen molar-refractivity contribution in [3.63, 3.8) is 0 Å². The van der Waals surface area contributed by atoms with Crippen LogP contribution in [0.4, 0.5) is 10.2 Å². The molecule has 2 radical (unpaired) electrons. The number of rotatable bonds is 7. The van der Waals surface area contributed by atoms with E-state index in [1.54, 1.807) is 31.5 Å². The van der Waals surface area contributed by atoms with Gasteiger partial charge >= 0.3 is 5.91 Å². The van der Waals surface area contributed by atoms with E-state index in [9.17, 15) is 9.18 Å². The summed E-state index contributed by atoms with van der Waals surface area (Å²) in [6.07, 6.45) is 3.68. The molecule has 1 saturated heterocycles. The van der Waals surface area contributed by atoms with E-state index in [1.165, 1.54) is 24.3 Å². The van der Waals surface area contributed by atoms with Gasteiger partial charge in [0.05, 0.1) is 37.2 Å². The van der Waals surface area contributed by atoms with Crippen molar-refractivity contribution in [2.45, 2.75) is 26.4 Å². The van der Waals surface area contributed by atoms with E-state index in [0.29, 0.717) is 30.2 Å². The van der Waals surface area contributed by atoms with Gasteiger partial charge in [0.25, 0.3) is 5.82 Å². The maximum atomic E-state index is 14.9. The molecule has 0 aliphatic carbocycles. The second-order valence-corrected chi connectivity index (χ2v) is 8.19. The molecule has 1 aliphatic heterocycles. The van der Waals surface area contributed by atoms with Gasteiger partial charge in [-0.2, -0.15) is 0 Å². The van der Waals surface area contributed by atoms with Crippen molar-refractivity contribution in [2.75, 3.05) is 19.7 Å². The normalized spacial score (nSPS) is 15.4. The smallest absolute Gasteiger partial charge is 0.352 e. The van der Waals surface area contributed by atoms with Crippen LogP contribution in [-0.2, 0) is 0 Å². The summed E-state index contributed by atoms with van der Waals surface area (Å²) in [5, 5.41) is 9.17. The zero-order chi connectivity index (χ0) is 23.6. The summed E-state index contributed by atoms with van der Waals surface area (Å²) in [6, 6.07) is 8.80. The second-order valence-electron chi connectivity index (χ2n) is 8.19. The molecular weight excluding hydrogens is 425 g/mol. The number of aliphatic hydroxyl groups excluding tert-OH is 1. The van der Waals surface area contributed by atoms with Crippen LogP contribution in [0.3, 0.4) is 0 Å². The standard InChI is InChI=1S/C25H25FN3O4/c1-16-9-20(32-18(3)15-30)12-21(10-16)33-23-6-5-19(11-22(23)26)25(31)29(7-4-8-29)24-14-27-17(2)13-28-24/h1,5-6,9-14,18,30H,4,7-8,15H2,2-3H3/q+1/t18-/m0/s1. The summed E-state index contributed by atoms with van der Waals surface area (Å²) in [7, 11) is 0. The number of aromatic nitrogens is 2. The Labute approximate surface area is 192 Å². The monoisotopic (exact) mass is 450 g/mol. The van der Waals surface area contributed by atoms with E-state index in [4.69, 9.17) is 21.5 Å². The summed E-state index contributed by atoms with van der Waals surface area (Å²) in [4.78, 5) is 22.0. The number of likely N-dealkylation sites (tertiary alicyclic amines) is 1. The third-order valence-electron chi connectivity index (χ3n) is 5.58. The Morgan fingerprint density at radius 3 is 2.55 bits per heavy atom. The molecule has 8 heteroatoms. The molecule has 3 aromatic rings. The van der Waals surface area contributed by atoms with Gasteiger partial charge in [-0.3, -0.25) is 4.98 Å². The highest BCUT2D eigenvalue weighted by Gasteiger charge is 2.47. The Hall–Kier alpha value is -3.36. The Balaban J connectivity index is 1.56. The highest BCUT2D eigenvalue weighted by molar-refractivity contribution is 6.02. The third kappa shape index (κ3) is 4.72. The minimum atomic E-state index is -0.678. The van der Waals surface area contributed by atoms with Crippen molar-refractivity contribution >= 4 is 11.7 Å². The Bertz CT molecular complexity index is 1160. The van der Waals surface area contributed by atoms with Crippen LogP contribution in [0.2, 0.25) is 0 Å². The SMILES string of the molecule is [CH]c1cc(Oc2ccc(C(=O)[N+]3(c4cnc(C)cn4)CCC3)cc2F)cc(O[C@@H](C)CO)c1. The van der Waals surface area contributed by atoms with E-state index < -0.39 is 11.9 Å². The molecule has 2 heterocycles. The predicted molar refractivity (Wildman–Crippen MR) is 121 cm³/mol. The number of carbonyl (C=O) groups excluding carboxylic acids is 1. The molecule has 4 rings (SSSR count). The summed E-state index contributed by atoms with van der Waals surface area (Å²) >= 11 is 0. The first kappa shape index (κ1) is 22.8. The van der Waals surface area contributed by atoms with Crippen LogP contribution in [0.15, 0.2) is 48.8 Å². The predicted octanol–water partition coefficient (Wildman–Crippen LogP) is 4.09. The van der Waals surface area contributed by atoms with Crippen LogP contribution in [0.5, 0.6) is 17.2 Å². The number of hydrogen-bond acceptors (Lipinski definition) is 6. The van der Waals surface area contributed by atoms with Crippen LogP contribution >= 0.6 is 0 Å². The van der Waals surface area contributed by atoms with Crippen molar-refractivity contribution in [1.82, 2.24) is 14.5 Å². The number of amides is 1. The number of benzene rings is 2. The van der Waals surface area contributed by atoms with E-state index >= 15 is 0 Å². The number of aryl methyl sites for hydroxylation is 1. The minimum absolute atomic E-state index is 0.0197. The van der Waals surface area contributed by atoms with Gasteiger partial charge in [-0.05, 0) is 56.7 Å². The maximum Gasteiger partial charge on any atom is 0.352 e. The molecular formula is C25H25FN3O4+. The molecule has 1 aliphatic rings. The Morgan fingerprint density at radius 2 is 1.94 bits per heavy atom. The van der Waals surface area contributed by atoms with Crippen LogP contribution in [-0.4, -0.2) is 46.8 Å². The number of aliphatic hydroxyl groups is 1. The highest BCUT2D eigenvalue weighted by Crippen LogP contribution is 2.33. The fraction of sp³-hybridized carbons (Fsp3) is 0.280. The molecule has 1 atom stereocenters. The molecule has 1 aromatic heterocycles. The van der Waals surface area contributed by atoms with E-state index in [0.717, 1.165) is 12.1 Å². The summed E-state index contributed by atoms with van der Waals surface area (Å²) < 4.78 is 26.2. The Kier molecular flexibility index (Phi) is 6.40. The van der Waals surface area contributed by atoms with Gasteiger partial charge in [-0.15, -0.1) is 0 Å². The number of nitrogens with zero attached hydrogens (tertiary/aromatic N) is 3. The number of hydrogen-bond donors (Lipinski definition) is 1. The molecule has 170 valence electrons. The number of carbonyl (C=O) groups is 1. The number of halogens is 1. The van der Waals surface area contributed by atoms with Gasteiger partial charge in [0.2, 0.25) is 0 Å². The zero-order valence-corrected chi connectivity index (χ0v) is 18.5. The zero-order valence-electron chi connectivity index (χ0n) is 18.5. The van der Waals surface area contributed by atoms with Crippen LogP contribution < -0.4 is 14.0 Å². The van der Waals surface area contributed by atoms with Gasteiger partial charge in [0.15, 0.2) is 11.6 Å². The Morgan fingerprint density at radius 1 is 1.18 bits per heavy atom. The van der Waals surface area contributed by atoms with Crippen molar-refractivity contribution < 1.29 is 23.8 Å². The molecule has 1 fully saturated rings. The maximum absolute atomic E-state index is 14.9. The largest absolute Gasteiger partial charge is 0.488 e. The van der Waals surface area contributed by atoms with Gasteiger partial charge in [-0.25, -0.2) is 18.7 Å². The quantitative estimate of drug-likeness (QED) is 0.546. The lowest BCUT2D eigenvalue weighted by atomic mass is 10.0. The lowest BCUT2D eigenvalue weighted by Crippen LogP contribution is -2.63. The van der Waals surface area contributed by atoms with Crippen molar-refractivity contribution in [2.24, 2.45) is 0 Å². The van der Waals surface area contributed by atoms with Crippen molar-refractivity contribution in [3.8, 4) is 17.2 Å². The molecule has 1 N–H and O–H groups in total. The molecule has 0 unspecified atom stereocenters. The number of quaternary nitrogens is 1. The van der Waals surface area contributed by atoms with Crippen molar-refractivity contribution in [3.05, 3.63) is 78.4 Å². The summed E-state index contributed by atoms with van der Waals surface area (Å²) in [6.45, 7) is 10.4. The van der Waals surface area contributed by atoms with Gasteiger partial charge in [-0.1, -0.05) is 0 Å². The molecule has 33 heavy (non-hydrogen) atoms. The molecule has 7 nitrogen and oxygen atoms in total.